The highest BCUT2D eigenvalue weighted by atomic mass is 35.5. The summed E-state index contributed by atoms with van der Waals surface area (Å²) in [6.07, 6.45) is 3.33. The van der Waals surface area contributed by atoms with Gasteiger partial charge in [0.15, 0.2) is 0 Å². The molecule has 0 aliphatic carbocycles. The molecule has 0 unspecified atom stereocenters. The van der Waals surface area contributed by atoms with Crippen LogP contribution in [0, 0.1) is 6.92 Å². The number of benzene rings is 1. The Bertz CT molecular complexity index is 847. The number of rotatable bonds is 3. The molecule has 23 heavy (non-hydrogen) atoms. The smallest absolute Gasteiger partial charge is 0.256 e. The number of hydrogen-bond acceptors (Lipinski definition) is 3. The van der Waals surface area contributed by atoms with Gasteiger partial charge in [-0.15, -0.1) is 0 Å². The quantitative estimate of drug-likeness (QED) is 0.779. The van der Waals surface area contributed by atoms with E-state index < -0.39 is 0 Å². The molecule has 0 aliphatic heterocycles. The fourth-order valence-corrected chi connectivity index (χ4v) is 2.40. The third-order valence-electron chi connectivity index (χ3n) is 3.42. The van der Waals surface area contributed by atoms with Gasteiger partial charge in [0.1, 0.15) is 5.82 Å². The molecule has 2 heterocycles. The van der Waals surface area contributed by atoms with E-state index in [0.29, 0.717) is 22.1 Å². The van der Waals surface area contributed by atoms with Crippen molar-refractivity contribution in [2.24, 2.45) is 0 Å². The van der Waals surface area contributed by atoms with Crippen LogP contribution in [-0.2, 0) is 0 Å². The highest BCUT2D eigenvalue weighted by Gasteiger charge is 2.10. The Morgan fingerprint density at radius 1 is 1.00 bits per heavy atom. The van der Waals surface area contributed by atoms with E-state index in [1.54, 1.807) is 36.7 Å². The summed E-state index contributed by atoms with van der Waals surface area (Å²) < 4.78 is 0. The topological polar surface area (TPSA) is 54.9 Å². The van der Waals surface area contributed by atoms with Crippen LogP contribution in [0.3, 0.4) is 0 Å². The molecule has 5 heteroatoms. The standard InChI is InChI=1S/C18H14ClN3O/c1-12-4-2-11-21-17(12)22-18(23)14-8-6-13(7-9-14)16-15(19)5-3-10-20-16/h2-11H,1H3,(H,21,22,23). The number of nitrogens with zero attached hydrogens (tertiary/aromatic N) is 2. The molecule has 1 amide bonds. The van der Waals surface area contributed by atoms with E-state index in [1.807, 2.05) is 31.2 Å². The Labute approximate surface area is 139 Å². The maximum Gasteiger partial charge on any atom is 0.256 e. The van der Waals surface area contributed by atoms with Crippen molar-refractivity contribution in [1.82, 2.24) is 9.97 Å². The van der Waals surface area contributed by atoms with Gasteiger partial charge in [-0.3, -0.25) is 9.78 Å². The molecule has 0 atom stereocenters. The van der Waals surface area contributed by atoms with E-state index >= 15 is 0 Å². The highest BCUT2D eigenvalue weighted by molar-refractivity contribution is 6.33. The van der Waals surface area contributed by atoms with Gasteiger partial charge < -0.3 is 5.32 Å². The second kappa shape index (κ2) is 6.58. The van der Waals surface area contributed by atoms with E-state index in [9.17, 15) is 4.79 Å². The van der Waals surface area contributed by atoms with Crippen LogP contribution in [0.4, 0.5) is 5.82 Å². The van der Waals surface area contributed by atoms with Crippen molar-refractivity contribution in [2.75, 3.05) is 5.32 Å². The zero-order valence-electron chi connectivity index (χ0n) is 12.5. The van der Waals surface area contributed by atoms with Gasteiger partial charge in [0.25, 0.3) is 5.91 Å². The summed E-state index contributed by atoms with van der Waals surface area (Å²) in [5.41, 5.74) is 3.02. The molecule has 0 fully saturated rings. The van der Waals surface area contributed by atoms with Gasteiger partial charge in [0.2, 0.25) is 0 Å². The van der Waals surface area contributed by atoms with Gasteiger partial charge in [-0.05, 0) is 42.8 Å². The highest BCUT2D eigenvalue weighted by Crippen LogP contribution is 2.25. The van der Waals surface area contributed by atoms with Gasteiger partial charge in [-0.1, -0.05) is 29.8 Å². The lowest BCUT2D eigenvalue weighted by Crippen LogP contribution is -2.13. The van der Waals surface area contributed by atoms with Crippen molar-refractivity contribution in [3.8, 4) is 11.3 Å². The van der Waals surface area contributed by atoms with Crippen molar-refractivity contribution >= 4 is 23.3 Å². The van der Waals surface area contributed by atoms with Gasteiger partial charge in [-0.25, -0.2) is 4.98 Å². The summed E-state index contributed by atoms with van der Waals surface area (Å²) in [5, 5.41) is 3.38. The van der Waals surface area contributed by atoms with Gasteiger partial charge >= 0.3 is 0 Å². The first-order chi connectivity index (χ1) is 11.1. The monoisotopic (exact) mass is 323 g/mol. The van der Waals surface area contributed by atoms with Gasteiger partial charge in [-0.2, -0.15) is 0 Å². The average Bonchev–Trinajstić information content (AvgIpc) is 2.57. The summed E-state index contributed by atoms with van der Waals surface area (Å²) >= 11 is 6.14. The molecular formula is C18H14ClN3O. The number of hydrogen-bond donors (Lipinski definition) is 1. The molecule has 0 saturated heterocycles. The van der Waals surface area contributed by atoms with Crippen LogP contribution >= 0.6 is 11.6 Å². The second-order valence-corrected chi connectivity index (χ2v) is 5.44. The van der Waals surface area contributed by atoms with Crippen LogP contribution in [0.15, 0.2) is 60.9 Å². The van der Waals surface area contributed by atoms with Crippen LogP contribution in [0.2, 0.25) is 5.02 Å². The molecule has 0 aliphatic rings. The number of pyridine rings is 2. The van der Waals surface area contributed by atoms with E-state index in [-0.39, 0.29) is 5.91 Å². The van der Waals surface area contributed by atoms with Crippen LogP contribution in [0.1, 0.15) is 15.9 Å². The normalized spacial score (nSPS) is 10.3. The van der Waals surface area contributed by atoms with E-state index in [2.05, 4.69) is 15.3 Å². The third-order valence-corrected chi connectivity index (χ3v) is 3.73. The van der Waals surface area contributed by atoms with Crippen LogP contribution in [0.5, 0.6) is 0 Å². The Morgan fingerprint density at radius 2 is 1.70 bits per heavy atom. The minimum absolute atomic E-state index is 0.203. The van der Waals surface area contributed by atoms with Crippen molar-refractivity contribution in [2.45, 2.75) is 6.92 Å². The van der Waals surface area contributed by atoms with Gasteiger partial charge in [0.05, 0.1) is 10.7 Å². The van der Waals surface area contributed by atoms with Crippen LogP contribution in [0.25, 0.3) is 11.3 Å². The number of carbonyl (C=O) groups excluding carboxylic acids is 1. The molecule has 1 N–H and O–H groups in total. The Hall–Kier alpha value is -2.72. The first-order valence-corrected chi connectivity index (χ1v) is 7.47. The molecular weight excluding hydrogens is 310 g/mol. The van der Waals surface area contributed by atoms with Crippen molar-refractivity contribution in [3.05, 3.63) is 77.1 Å². The maximum atomic E-state index is 12.3. The third kappa shape index (κ3) is 3.38. The predicted octanol–water partition coefficient (Wildman–Crippen LogP) is 4.36. The average molecular weight is 324 g/mol. The summed E-state index contributed by atoms with van der Waals surface area (Å²) in [5.74, 6) is 0.361. The predicted molar refractivity (Wildman–Crippen MR) is 91.6 cm³/mol. The number of anilines is 1. The molecule has 0 saturated carbocycles. The van der Waals surface area contributed by atoms with Crippen molar-refractivity contribution in [3.63, 3.8) is 0 Å². The number of amides is 1. The minimum atomic E-state index is -0.203. The first kappa shape index (κ1) is 15.2. The SMILES string of the molecule is Cc1cccnc1NC(=O)c1ccc(-c2ncccc2Cl)cc1. The maximum absolute atomic E-state index is 12.3. The fourth-order valence-electron chi connectivity index (χ4n) is 2.17. The zero-order chi connectivity index (χ0) is 16.2. The van der Waals surface area contributed by atoms with Crippen LogP contribution < -0.4 is 5.32 Å². The summed E-state index contributed by atoms with van der Waals surface area (Å²) in [6, 6.07) is 14.4. The van der Waals surface area contributed by atoms with E-state index in [4.69, 9.17) is 11.6 Å². The summed E-state index contributed by atoms with van der Waals surface area (Å²) in [6.45, 7) is 1.90. The molecule has 0 bridgehead atoms. The summed E-state index contributed by atoms with van der Waals surface area (Å²) in [4.78, 5) is 20.7. The lowest BCUT2D eigenvalue weighted by Gasteiger charge is -2.08. The van der Waals surface area contributed by atoms with Crippen molar-refractivity contribution in [1.29, 1.82) is 0 Å². The number of carbonyl (C=O) groups is 1. The number of aromatic nitrogens is 2. The largest absolute Gasteiger partial charge is 0.306 e. The molecule has 2 aromatic heterocycles. The minimum Gasteiger partial charge on any atom is -0.306 e. The Balaban J connectivity index is 1.81. The Morgan fingerprint density at radius 3 is 2.39 bits per heavy atom. The fraction of sp³-hybridized carbons (Fsp3) is 0.0556. The lowest BCUT2D eigenvalue weighted by atomic mass is 10.1. The molecule has 1 aromatic carbocycles. The molecule has 3 rings (SSSR count). The van der Waals surface area contributed by atoms with E-state index in [1.165, 1.54) is 0 Å². The molecule has 114 valence electrons. The molecule has 4 nitrogen and oxygen atoms in total. The number of halogens is 1. The number of aryl methyl sites for hydroxylation is 1. The molecule has 0 radical (unpaired) electrons. The summed E-state index contributed by atoms with van der Waals surface area (Å²) in [7, 11) is 0. The van der Waals surface area contributed by atoms with Crippen molar-refractivity contribution < 1.29 is 4.79 Å². The first-order valence-electron chi connectivity index (χ1n) is 7.09. The lowest BCUT2D eigenvalue weighted by molar-refractivity contribution is 0.102. The zero-order valence-corrected chi connectivity index (χ0v) is 13.2. The molecule has 0 spiro atoms. The Kier molecular flexibility index (Phi) is 4.35. The second-order valence-electron chi connectivity index (χ2n) is 5.03. The molecule has 3 aromatic rings. The van der Waals surface area contributed by atoms with Gasteiger partial charge in [0, 0.05) is 23.5 Å². The van der Waals surface area contributed by atoms with Crippen LogP contribution in [-0.4, -0.2) is 15.9 Å². The number of nitrogens with one attached hydrogen (secondary N) is 1. The van der Waals surface area contributed by atoms with E-state index in [0.717, 1.165) is 11.1 Å².